The second-order valence-electron chi connectivity index (χ2n) is 4.62. The summed E-state index contributed by atoms with van der Waals surface area (Å²) in [5.74, 6) is 1.33. The van der Waals surface area contributed by atoms with Crippen molar-refractivity contribution >= 4 is 27.3 Å². The lowest BCUT2D eigenvalue weighted by Gasteiger charge is -2.08. The maximum Gasteiger partial charge on any atom is 0.175 e. The monoisotopic (exact) mass is 325 g/mol. The highest BCUT2D eigenvalue weighted by Gasteiger charge is 2.06. The number of anilines is 1. The van der Waals surface area contributed by atoms with Gasteiger partial charge in [-0.05, 0) is 17.7 Å². The number of halogens is 1. The lowest BCUT2D eigenvalue weighted by molar-refractivity contribution is 0.602. The normalized spacial score (nSPS) is 11.4. The summed E-state index contributed by atoms with van der Waals surface area (Å²) in [6.45, 7) is 2.49. The van der Waals surface area contributed by atoms with Crippen molar-refractivity contribution in [2.75, 3.05) is 11.6 Å². The Kier molecular flexibility index (Phi) is 4.80. The van der Waals surface area contributed by atoms with E-state index in [2.05, 4.69) is 15.3 Å². The van der Waals surface area contributed by atoms with Crippen LogP contribution in [0.5, 0.6) is 0 Å². The molecule has 5 nitrogen and oxygen atoms in total. The summed E-state index contributed by atoms with van der Waals surface area (Å²) < 4.78 is 22.8. The maximum absolute atomic E-state index is 11.4. The first-order valence-corrected chi connectivity index (χ1v) is 8.71. The minimum Gasteiger partial charge on any atom is -0.366 e. The van der Waals surface area contributed by atoms with E-state index in [4.69, 9.17) is 11.6 Å². The van der Waals surface area contributed by atoms with E-state index in [-0.39, 0.29) is 0 Å². The van der Waals surface area contributed by atoms with Gasteiger partial charge in [0.2, 0.25) is 0 Å². The van der Waals surface area contributed by atoms with Gasteiger partial charge < -0.3 is 5.32 Å². The van der Waals surface area contributed by atoms with Crippen LogP contribution in [0.3, 0.4) is 0 Å². The number of hydrogen-bond acceptors (Lipinski definition) is 5. The predicted octanol–water partition coefficient (Wildman–Crippen LogP) is 2.71. The maximum atomic E-state index is 11.4. The van der Waals surface area contributed by atoms with E-state index in [1.165, 1.54) is 6.26 Å². The number of nitrogens with one attached hydrogen (secondary N) is 1. The fraction of sp³-hybridized carbons (Fsp3) is 0.286. The first-order chi connectivity index (χ1) is 9.88. The Morgan fingerprint density at radius 2 is 1.86 bits per heavy atom. The molecule has 0 aliphatic heterocycles. The van der Waals surface area contributed by atoms with Crippen molar-refractivity contribution in [3.63, 3.8) is 0 Å². The zero-order chi connectivity index (χ0) is 15.5. The van der Waals surface area contributed by atoms with Gasteiger partial charge in [-0.15, -0.1) is 0 Å². The van der Waals surface area contributed by atoms with E-state index in [9.17, 15) is 8.42 Å². The van der Waals surface area contributed by atoms with Crippen LogP contribution < -0.4 is 5.32 Å². The van der Waals surface area contributed by atoms with E-state index in [0.717, 1.165) is 5.56 Å². The molecule has 0 atom stereocenters. The summed E-state index contributed by atoms with van der Waals surface area (Å²) >= 11 is 5.92. The Morgan fingerprint density at radius 1 is 1.19 bits per heavy atom. The van der Waals surface area contributed by atoms with Crippen LogP contribution in [0.2, 0.25) is 5.15 Å². The molecule has 0 fully saturated rings. The minimum atomic E-state index is -3.16. The summed E-state index contributed by atoms with van der Waals surface area (Å²) in [5, 5.41) is 3.55. The van der Waals surface area contributed by atoms with Crippen molar-refractivity contribution in [3.05, 3.63) is 46.9 Å². The van der Waals surface area contributed by atoms with Crippen molar-refractivity contribution in [2.24, 2.45) is 0 Å². The summed E-state index contributed by atoms with van der Waals surface area (Å²) in [6.07, 6.45) is 1.90. The average molecular weight is 326 g/mol. The Balaban J connectivity index is 2.08. The number of aryl methyl sites for hydroxylation is 1. The molecular weight excluding hydrogens is 310 g/mol. The van der Waals surface area contributed by atoms with Gasteiger partial charge in [-0.1, -0.05) is 30.7 Å². The molecule has 112 valence electrons. The summed E-state index contributed by atoms with van der Waals surface area (Å²) in [5.41, 5.74) is 0.954. The highest BCUT2D eigenvalue weighted by atomic mass is 35.5. The first kappa shape index (κ1) is 15.7. The summed E-state index contributed by atoms with van der Waals surface area (Å²) in [6, 6.07) is 8.39. The molecule has 0 saturated carbocycles. The lowest BCUT2D eigenvalue weighted by Crippen LogP contribution is -2.05. The number of benzene rings is 1. The minimum absolute atomic E-state index is 0.310. The number of sulfone groups is 1. The van der Waals surface area contributed by atoms with Gasteiger partial charge in [-0.25, -0.2) is 18.4 Å². The van der Waals surface area contributed by atoms with Crippen LogP contribution in [0.25, 0.3) is 0 Å². The number of aromatic nitrogens is 2. The quantitative estimate of drug-likeness (QED) is 0.856. The molecule has 0 spiro atoms. The van der Waals surface area contributed by atoms with Crippen molar-refractivity contribution in [1.82, 2.24) is 9.97 Å². The Bertz CT molecular complexity index is 730. The zero-order valence-corrected chi connectivity index (χ0v) is 13.4. The third-order valence-electron chi connectivity index (χ3n) is 2.88. The lowest BCUT2D eigenvalue weighted by atomic mass is 10.2. The molecule has 0 aliphatic rings. The molecular formula is C14H16ClN3O2S. The molecule has 0 aliphatic carbocycles. The molecule has 1 N–H and O–H groups in total. The molecule has 1 heterocycles. The molecule has 0 bridgehead atoms. The second-order valence-corrected chi connectivity index (χ2v) is 7.02. The highest BCUT2D eigenvalue weighted by Crippen LogP contribution is 2.14. The summed E-state index contributed by atoms with van der Waals surface area (Å²) in [4.78, 5) is 8.72. The smallest absolute Gasteiger partial charge is 0.175 e. The number of rotatable bonds is 5. The van der Waals surface area contributed by atoms with Gasteiger partial charge in [0.1, 0.15) is 16.8 Å². The predicted molar refractivity (Wildman–Crippen MR) is 83.3 cm³/mol. The molecule has 2 aromatic rings. The van der Waals surface area contributed by atoms with Crippen molar-refractivity contribution in [1.29, 1.82) is 0 Å². The Morgan fingerprint density at radius 3 is 2.43 bits per heavy atom. The van der Waals surface area contributed by atoms with Crippen molar-refractivity contribution in [2.45, 2.75) is 24.8 Å². The third-order valence-corrected chi connectivity index (χ3v) is 4.20. The Hall–Kier alpha value is -1.66. The molecule has 7 heteroatoms. The number of nitrogens with zero attached hydrogens (tertiary/aromatic N) is 2. The van der Waals surface area contributed by atoms with Gasteiger partial charge in [-0.3, -0.25) is 0 Å². The van der Waals surface area contributed by atoms with E-state index >= 15 is 0 Å². The fourth-order valence-electron chi connectivity index (χ4n) is 1.76. The summed E-state index contributed by atoms with van der Waals surface area (Å²) in [7, 11) is -3.16. The Labute approximate surface area is 129 Å². The second kappa shape index (κ2) is 6.41. The van der Waals surface area contributed by atoms with Gasteiger partial charge in [-0.2, -0.15) is 0 Å². The van der Waals surface area contributed by atoms with E-state index in [0.29, 0.717) is 34.7 Å². The average Bonchev–Trinajstić information content (AvgIpc) is 2.44. The molecule has 0 unspecified atom stereocenters. The van der Waals surface area contributed by atoms with Crippen LogP contribution in [-0.4, -0.2) is 24.6 Å². The van der Waals surface area contributed by atoms with Crippen LogP contribution in [0.15, 0.2) is 35.2 Å². The van der Waals surface area contributed by atoms with Crippen LogP contribution in [0.4, 0.5) is 5.82 Å². The van der Waals surface area contributed by atoms with Gasteiger partial charge in [0.25, 0.3) is 0 Å². The molecule has 0 radical (unpaired) electrons. The van der Waals surface area contributed by atoms with Gasteiger partial charge in [0.05, 0.1) is 4.90 Å². The van der Waals surface area contributed by atoms with E-state index < -0.39 is 9.84 Å². The van der Waals surface area contributed by atoms with Crippen LogP contribution in [-0.2, 0) is 22.8 Å². The molecule has 2 rings (SSSR count). The van der Waals surface area contributed by atoms with Crippen LogP contribution in [0.1, 0.15) is 18.3 Å². The number of hydrogen-bond donors (Lipinski definition) is 1. The largest absolute Gasteiger partial charge is 0.366 e. The van der Waals surface area contributed by atoms with Crippen LogP contribution >= 0.6 is 11.6 Å². The van der Waals surface area contributed by atoms with Crippen LogP contribution in [0, 0.1) is 0 Å². The highest BCUT2D eigenvalue weighted by molar-refractivity contribution is 7.90. The SMILES string of the molecule is CCc1nc(Cl)cc(NCc2ccc(S(C)(=O)=O)cc2)n1. The molecule has 1 aromatic carbocycles. The standard InChI is InChI=1S/C14H16ClN3O2S/c1-3-13-17-12(15)8-14(18-13)16-9-10-4-6-11(7-5-10)21(2,19)20/h4-8H,3,9H2,1-2H3,(H,16,17,18). The van der Waals surface area contributed by atoms with E-state index in [1.807, 2.05) is 6.92 Å². The van der Waals surface area contributed by atoms with Crippen molar-refractivity contribution < 1.29 is 8.42 Å². The third kappa shape index (κ3) is 4.41. The van der Waals surface area contributed by atoms with E-state index in [1.54, 1.807) is 30.3 Å². The molecule has 1 aromatic heterocycles. The molecule has 21 heavy (non-hydrogen) atoms. The topological polar surface area (TPSA) is 72.0 Å². The first-order valence-electron chi connectivity index (χ1n) is 6.45. The van der Waals surface area contributed by atoms with Gasteiger partial charge in [0, 0.05) is 25.3 Å². The molecule has 0 saturated heterocycles. The molecule has 0 amide bonds. The fourth-order valence-corrected chi connectivity index (χ4v) is 2.59. The zero-order valence-electron chi connectivity index (χ0n) is 11.8. The van der Waals surface area contributed by atoms with Gasteiger partial charge >= 0.3 is 0 Å². The van der Waals surface area contributed by atoms with Gasteiger partial charge in [0.15, 0.2) is 9.84 Å². The van der Waals surface area contributed by atoms with Crippen molar-refractivity contribution in [3.8, 4) is 0 Å².